The zero-order valence-electron chi connectivity index (χ0n) is 6.56. The molecule has 0 radical (unpaired) electrons. The second-order valence-corrected chi connectivity index (χ2v) is 2.56. The quantitative estimate of drug-likeness (QED) is 0.582. The summed E-state index contributed by atoms with van der Waals surface area (Å²) in [6.45, 7) is 1.88. The summed E-state index contributed by atoms with van der Waals surface area (Å²) in [6.07, 6.45) is 4.34. The van der Waals surface area contributed by atoms with Crippen molar-refractivity contribution in [3.63, 3.8) is 0 Å². The van der Waals surface area contributed by atoms with Gasteiger partial charge in [0.05, 0.1) is 5.69 Å². The molecule has 2 rings (SSSR count). The van der Waals surface area contributed by atoms with E-state index in [4.69, 9.17) is 0 Å². The number of aryl methyl sites for hydroxylation is 1. The van der Waals surface area contributed by atoms with Crippen molar-refractivity contribution >= 4 is 12.1 Å². The number of hydrogen-bond donors (Lipinski definition) is 0. The van der Waals surface area contributed by atoms with Gasteiger partial charge in [-0.25, -0.2) is 9.97 Å². The number of rotatable bonds is 1. The molecule has 2 aromatic rings. The summed E-state index contributed by atoms with van der Waals surface area (Å²) >= 11 is 0. The minimum absolute atomic E-state index is 0.410. The van der Waals surface area contributed by atoms with Crippen molar-refractivity contribution in [2.45, 2.75) is 6.92 Å². The van der Waals surface area contributed by atoms with E-state index in [1.807, 2.05) is 13.1 Å². The van der Waals surface area contributed by atoms with Crippen molar-refractivity contribution in [3.05, 3.63) is 29.8 Å². The Kier molecular flexibility index (Phi) is 1.40. The molecule has 2 heterocycles. The highest BCUT2D eigenvalue weighted by molar-refractivity contribution is 5.72. The Morgan fingerprint density at radius 1 is 1.50 bits per heavy atom. The highest BCUT2D eigenvalue weighted by Crippen LogP contribution is 2.01. The van der Waals surface area contributed by atoms with Crippen LogP contribution in [0.1, 0.15) is 16.2 Å². The lowest BCUT2D eigenvalue weighted by molar-refractivity contribution is 0.111. The standard InChI is InChI=1S/C8H7N3O/c1-6-4-11-3-2-7(5-12)10-8(11)9-6/h2-5H,1H3. The Morgan fingerprint density at radius 2 is 2.33 bits per heavy atom. The molecule has 2 aromatic heterocycles. The van der Waals surface area contributed by atoms with E-state index in [0.717, 1.165) is 5.69 Å². The first kappa shape index (κ1) is 6.97. The molecule has 0 aliphatic carbocycles. The molecule has 0 bridgehead atoms. The van der Waals surface area contributed by atoms with Gasteiger partial charge in [0.1, 0.15) is 5.69 Å². The van der Waals surface area contributed by atoms with Gasteiger partial charge in [0.2, 0.25) is 5.78 Å². The lowest BCUT2D eigenvalue weighted by Crippen LogP contribution is -1.91. The van der Waals surface area contributed by atoms with Crippen LogP contribution in [0.3, 0.4) is 0 Å². The van der Waals surface area contributed by atoms with Crippen LogP contribution in [0.4, 0.5) is 0 Å². The molecular weight excluding hydrogens is 154 g/mol. The van der Waals surface area contributed by atoms with Gasteiger partial charge < -0.3 is 0 Å². The second-order valence-electron chi connectivity index (χ2n) is 2.56. The first-order valence-electron chi connectivity index (χ1n) is 3.57. The molecule has 0 aliphatic heterocycles. The maximum Gasteiger partial charge on any atom is 0.234 e. The molecule has 4 nitrogen and oxygen atoms in total. The van der Waals surface area contributed by atoms with Crippen molar-refractivity contribution < 1.29 is 4.79 Å². The van der Waals surface area contributed by atoms with Crippen LogP contribution in [0.25, 0.3) is 5.78 Å². The van der Waals surface area contributed by atoms with Gasteiger partial charge in [-0.3, -0.25) is 9.20 Å². The van der Waals surface area contributed by atoms with Crippen molar-refractivity contribution in [1.29, 1.82) is 0 Å². The SMILES string of the molecule is Cc1cn2ccc(C=O)nc2n1. The third-order valence-corrected chi connectivity index (χ3v) is 1.59. The third kappa shape index (κ3) is 0.972. The van der Waals surface area contributed by atoms with Gasteiger partial charge in [-0.1, -0.05) is 0 Å². The predicted molar refractivity (Wildman–Crippen MR) is 43.1 cm³/mol. The molecule has 0 aliphatic rings. The van der Waals surface area contributed by atoms with Crippen LogP contribution in [0.15, 0.2) is 18.5 Å². The van der Waals surface area contributed by atoms with E-state index in [1.54, 1.807) is 16.7 Å². The van der Waals surface area contributed by atoms with E-state index in [-0.39, 0.29) is 0 Å². The summed E-state index contributed by atoms with van der Waals surface area (Å²) in [7, 11) is 0. The molecule has 0 amide bonds. The fourth-order valence-corrected chi connectivity index (χ4v) is 1.07. The molecule has 0 saturated carbocycles. The molecule has 12 heavy (non-hydrogen) atoms. The summed E-state index contributed by atoms with van der Waals surface area (Å²) in [4.78, 5) is 18.5. The Bertz CT molecular complexity index is 433. The van der Waals surface area contributed by atoms with Crippen molar-refractivity contribution in [1.82, 2.24) is 14.4 Å². The average molecular weight is 161 g/mol. The van der Waals surface area contributed by atoms with E-state index < -0.39 is 0 Å². The molecule has 0 aromatic carbocycles. The molecule has 0 spiro atoms. The van der Waals surface area contributed by atoms with E-state index in [0.29, 0.717) is 17.8 Å². The minimum Gasteiger partial charge on any atom is -0.296 e. The number of aromatic nitrogens is 3. The summed E-state index contributed by atoms with van der Waals surface area (Å²) < 4.78 is 1.78. The molecule has 0 N–H and O–H groups in total. The Labute approximate surface area is 68.9 Å². The molecule has 0 fully saturated rings. The number of hydrogen-bond acceptors (Lipinski definition) is 3. The zero-order valence-corrected chi connectivity index (χ0v) is 6.56. The lowest BCUT2D eigenvalue weighted by Gasteiger charge is -1.90. The van der Waals surface area contributed by atoms with Gasteiger partial charge in [0.15, 0.2) is 6.29 Å². The maximum absolute atomic E-state index is 10.4. The Hall–Kier alpha value is -1.71. The molecule has 0 saturated heterocycles. The van der Waals surface area contributed by atoms with E-state index in [2.05, 4.69) is 9.97 Å². The van der Waals surface area contributed by atoms with Gasteiger partial charge >= 0.3 is 0 Å². The van der Waals surface area contributed by atoms with Gasteiger partial charge in [-0.05, 0) is 13.0 Å². The summed E-state index contributed by atoms with van der Waals surface area (Å²) in [6, 6.07) is 1.65. The molecule has 4 heteroatoms. The zero-order chi connectivity index (χ0) is 8.55. The number of nitrogens with zero attached hydrogens (tertiary/aromatic N) is 3. The van der Waals surface area contributed by atoms with Crippen LogP contribution >= 0.6 is 0 Å². The number of carbonyl (C=O) groups is 1. The maximum atomic E-state index is 10.4. The highest BCUT2D eigenvalue weighted by Gasteiger charge is 1.98. The van der Waals surface area contributed by atoms with Crippen LogP contribution in [0.5, 0.6) is 0 Å². The normalized spacial score (nSPS) is 10.4. The summed E-state index contributed by atoms with van der Waals surface area (Å²) in [5.74, 6) is 0.567. The van der Waals surface area contributed by atoms with Crippen LogP contribution in [-0.4, -0.2) is 20.7 Å². The third-order valence-electron chi connectivity index (χ3n) is 1.59. The highest BCUT2D eigenvalue weighted by atomic mass is 16.1. The number of carbonyl (C=O) groups excluding carboxylic acids is 1. The smallest absolute Gasteiger partial charge is 0.234 e. The monoisotopic (exact) mass is 161 g/mol. The van der Waals surface area contributed by atoms with Crippen molar-refractivity contribution in [3.8, 4) is 0 Å². The summed E-state index contributed by atoms with van der Waals surface area (Å²) in [5.41, 5.74) is 1.30. The molecule has 60 valence electrons. The van der Waals surface area contributed by atoms with Crippen LogP contribution in [-0.2, 0) is 0 Å². The first-order chi connectivity index (χ1) is 5.79. The minimum atomic E-state index is 0.410. The predicted octanol–water partition coefficient (Wildman–Crippen LogP) is 0.850. The van der Waals surface area contributed by atoms with E-state index in [1.165, 1.54) is 0 Å². The molecule has 0 unspecified atom stereocenters. The number of fused-ring (bicyclic) bond motifs is 1. The van der Waals surface area contributed by atoms with Crippen molar-refractivity contribution in [2.24, 2.45) is 0 Å². The first-order valence-corrected chi connectivity index (χ1v) is 3.57. The van der Waals surface area contributed by atoms with Crippen molar-refractivity contribution in [2.75, 3.05) is 0 Å². The Balaban J connectivity index is 2.74. The van der Waals surface area contributed by atoms with Gasteiger partial charge in [0, 0.05) is 12.4 Å². The lowest BCUT2D eigenvalue weighted by atomic mass is 10.4. The van der Waals surface area contributed by atoms with Gasteiger partial charge in [-0.15, -0.1) is 0 Å². The topological polar surface area (TPSA) is 47.3 Å². The van der Waals surface area contributed by atoms with Crippen LogP contribution in [0.2, 0.25) is 0 Å². The van der Waals surface area contributed by atoms with Crippen LogP contribution in [0, 0.1) is 6.92 Å². The van der Waals surface area contributed by atoms with E-state index in [9.17, 15) is 4.79 Å². The Morgan fingerprint density at radius 3 is 3.08 bits per heavy atom. The second kappa shape index (κ2) is 2.41. The van der Waals surface area contributed by atoms with E-state index >= 15 is 0 Å². The fraction of sp³-hybridized carbons (Fsp3) is 0.125. The summed E-state index contributed by atoms with van der Waals surface area (Å²) in [5, 5.41) is 0. The fourth-order valence-electron chi connectivity index (χ4n) is 1.07. The largest absolute Gasteiger partial charge is 0.296 e. The van der Waals surface area contributed by atoms with Gasteiger partial charge in [0.25, 0.3) is 0 Å². The molecule has 0 atom stereocenters. The van der Waals surface area contributed by atoms with Gasteiger partial charge in [-0.2, -0.15) is 0 Å². The molecular formula is C8H7N3O. The number of aldehydes is 1. The average Bonchev–Trinajstić information content (AvgIpc) is 2.43. The van der Waals surface area contributed by atoms with Crippen LogP contribution < -0.4 is 0 Å². The number of imidazole rings is 1.